The summed E-state index contributed by atoms with van der Waals surface area (Å²) in [4.78, 5) is 41.7. The molecule has 1 aliphatic rings. The highest BCUT2D eigenvalue weighted by Crippen LogP contribution is 2.24. The Morgan fingerprint density at radius 1 is 1.42 bits per heavy atom. The first kappa shape index (κ1) is 24.8. The Kier molecular flexibility index (Phi) is 9.42. The van der Waals surface area contributed by atoms with Crippen LogP contribution in [0.4, 0.5) is 11.5 Å². The van der Waals surface area contributed by atoms with Crippen LogP contribution in [0.1, 0.15) is 28.7 Å². The molecule has 0 aliphatic carbocycles. The van der Waals surface area contributed by atoms with Crippen molar-refractivity contribution >= 4 is 52.5 Å². The maximum atomic E-state index is 11.9. The summed E-state index contributed by atoms with van der Waals surface area (Å²) in [5.74, 6) is 0.675. The molecule has 8 nitrogen and oxygen atoms in total. The lowest BCUT2D eigenvalue weighted by Crippen LogP contribution is -2.42. The van der Waals surface area contributed by atoms with E-state index in [-0.39, 0.29) is 18.4 Å². The van der Waals surface area contributed by atoms with Gasteiger partial charge in [0.25, 0.3) is 11.8 Å². The largest absolute Gasteiger partial charge is 0.370 e. The molecule has 168 valence electrons. The van der Waals surface area contributed by atoms with Gasteiger partial charge in [-0.15, -0.1) is 11.3 Å². The molecule has 3 rings (SSSR count). The maximum Gasteiger partial charge on any atom is 0.258 e. The summed E-state index contributed by atoms with van der Waals surface area (Å²) in [5, 5.41) is 0. The van der Waals surface area contributed by atoms with Crippen molar-refractivity contribution in [3.05, 3.63) is 39.2 Å². The number of pyridine rings is 1. The topological polar surface area (TPSA) is 106 Å². The van der Waals surface area contributed by atoms with Crippen LogP contribution in [0.15, 0.2) is 24.3 Å². The monoisotopic (exact) mass is 466 g/mol. The molecule has 0 spiro atoms. The van der Waals surface area contributed by atoms with E-state index in [0.29, 0.717) is 28.8 Å². The van der Waals surface area contributed by atoms with Crippen LogP contribution in [0.2, 0.25) is 4.34 Å². The molecule has 2 amide bonds. The van der Waals surface area contributed by atoms with E-state index in [9.17, 15) is 14.4 Å². The van der Waals surface area contributed by atoms with Gasteiger partial charge in [-0.25, -0.2) is 4.98 Å². The standard InChI is InChI=1S/C16H23N3O3.C5H4ClNOS/c1-12(6-8-20)10-18(3)15-5-4-14(13(2)17-15)19-7-9-22-11-16(19)21;6-4-2-1-3(9-4)5(7)8/h4-5,8,12H,6-7,9-11H2,1-3H3;1-2H,(H2,7,8)/t12-;/m1./s1. The van der Waals surface area contributed by atoms with Gasteiger partial charge in [0.1, 0.15) is 18.7 Å². The Morgan fingerprint density at radius 2 is 2.16 bits per heavy atom. The SMILES string of the molecule is Cc1nc(N(C)C[C@H](C)CC=O)ccc1N1CCOCC1=O.NC(=O)c1ccc(Cl)s1. The molecular formula is C21H27ClN4O4S. The zero-order chi connectivity index (χ0) is 23.0. The van der Waals surface area contributed by atoms with E-state index in [4.69, 9.17) is 22.1 Å². The molecule has 10 heteroatoms. The van der Waals surface area contributed by atoms with E-state index in [1.165, 1.54) is 11.3 Å². The Labute approximate surface area is 190 Å². The summed E-state index contributed by atoms with van der Waals surface area (Å²) < 4.78 is 5.74. The lowest BCUT2D eigenvalue weighted by atomic mass is 10.1. The number of amides is 2. The van der Waals surface area contributed by atoms with Crippen LogP contribution < -0.4 is 15.5 Å². The summed E-state index contributed by atoms with van der Waals surface area (Å²) in [7, 11) is 1.96. The summed E-state index contributed by atoms with van der Waals surface area (Å²) in [6.45, 7) is 5.96. The smallest absolute Gasteiger partial charge is 0.258 e. The molecule has 1 atom stereocenters. The number of hydrogen-bond acceptors (Lipinski definition) is 7. The van der Waals surface area contributed by atoms with Crippen molar-refractivity contribution in [2.45, 2.75) is 20.3 Å². The van der Waals surface area contributed by atoms with Gasteiger partial charge < -0.3 is 25.1 Å². The average molecular weight is 467 g/mol. The summed E-state index contributed by atoms with van der Waals surface area (Å²) in [5.41, 5.74) is 6.60. The molecule has 0 radical (unpaired) electrons. The van der Waals surface area contributed by atoms with Crippen molar-refractivity contribution in [3.63, 3.8) is 0 Å². The third-order valence-electron chi connectivity index (χ3n) is 4.61. The second kappa shape index (κ2) is 11.8. The minimum absolute atomic E-state index is 0.0307. The fraction of sp³-hybridized carbons (Fsp3) is 0.429. The van der Waals surface area contributed by atoms with Gasteiger partial charge in [0, 0.05) is 26.6 Å². The summed E-state index contributed by atoms with van der Waals surface area (Å²) in [6.07, 6.45) is 1.49. The van der Waals surface area contributed by atoms with Gasteiger partial charge in [-0.1, -0.05) is 18.5 Å². The number of halogens is 1. The Morgan fingerprint density at radius 3 is 2.68 bits per heavy atom. The lowest BCUT2D eigenvalue weighted by Gasteiger charge is -2.29. The molecule has 2 aromatic heterocycles. The van der Waals surface area contributed by atoms with Crippen LogP contribution in [0, 0.1) is 12.8 Å². The Balaban J connectivity index is 0.000000316. The van der Waals surface area contributed by atoms with E-state index in [2.05, 4.69) is 4.98 Å². The van der Waals surface area contributed by atoms with Gasteiger partial charge in [0.05, 0.1) is 27.2 Å². The van der Waals surface area contributed by atoms with E-state index in [1.807, 2.05) is 37.9 Å². The predicted octanol–water partition coefficient (Wildman–Crippen LogP) is 2.91. The molecule has 31 heavy (non-hydrogen) atoms. The fourth-order valence-electron chi connectivity index (χ4n) is 3.06. The first-order valence-corrected chi connectivity index (χ1v) is 11.0. The third kappa shape index (κ3) is 7.30. The highest BCUT2D eigenvalue weighted by Gasteiger charge is 2.22. The molecule has 3 heterocycles. The molecule has 0 aromatic carbocycles. The number of nitrogens with zero attached hydrogens (tertiary/aromatic N) is 3. The number of aldehydes is 1. The number of anilines is 2. The second-order valence-corrected chi connectivity index (χ2v) is 8.94. The minimum Gasteiger partial charge on any atom is -0.370 e. The highest BCUT2D eigenvalue weighted by atomic mass is 35.5. The van der Waals surface area contributed by atoms with Crippen LogP contribution in [-0.4, -0.2) is 56.4 Å². The van der Waals surface area contributed by atoms with Gasteiger partial charge in [-0.05, 0) is 37.1 Å². The molecule has 1 fully saturated rings. The number of thiophene rings is 1. The van der Waals surface area contributed by atoms with Crippen molar-refractivity contribution in [2.75, 3.05) is 43.2 Å². The molecular weight excluding hydrogens is 440 g/mol. The number of primary amides is 1. The zero-order valence-electron chi connectivity index (χ0n) is 17.8. The van der Waals surface area contributed by atoms with Crippen LogP contribution in [0.3, 0.4) is 0 Å². The number of aromatic nitrogens is 1. The van der Waals surface area contributed by atoms with Crippen molar-refractivity contribution in [1.29, 1.82) is 0 Å². The number of morpholine rings is 1. The normalized spacial score (nSPS) is 14.5. The molecule has 1 aliphatic heterocycles. The van der Waals surface area contributed by atoms with Gasteiger partial charge in [-0.3, -0.25) is 9.59 Å². The molecule has 2 N–H and O–H groups in total. The van der Waals surface area contributed by atoms with Crippen LogP contribution in [0.25, 0.3) is 0 Å². The molecule has 1 saturated heterocycles. The first-order valence-electron chi connectivity index (χ1n) is 9.78. The minimum atomic E-state index is -0.424. The van der Waals surface area contributed by atoms with E-state index >= 15 is 0 Å². The Hall–Kier alpha value is -2.49. The number of aryl methyl sites for hydroxylation is 1. The van der Waals surface area contributed by atoms with Crippen LogP contribution in [0.5, 0.6) is 0 Å². The zero-order valence-corrected chi connectivity index (χ0v) is 19.4. The van der Waals surface area contributed by atoms with Crippen LogP contribution in [-0.2, 0) is 14.3 Å². The van der Waals surface area contributed by atoms with Crippen molar-refractivity contribution < 1.29 is 19.1 Å². The maximum absolute atomic E-state index is 11.9. The number of ether oxygens (including phenoxy) is 1. The molecule has 0 saturated carbocycles. The number of rotatable bonds is 7. The molecule has 0 bridgehead atoms. The van der Waals surface area contributed by atoms with Crippen molar-refractivity contribution in [3.8, 4) is 0 Å². The van der Waals surface area contributed by atoms with E-state index in [1.54, 1.807) is 17.0 Å². The van der Waals surface area contributed by atoms with Gasteiger partial charge in [0.2, 0.25) is 0 Å². The van der Waals surface area contributed by atoms with Crippen molar-refractivity contribution in [2.24, 2.45) is 11.7 Å². The first-order chi connectivity index (χ1) is 14.7. The Bertz CT molecular complexity index is 921. The van der Waals surface area contributed by atoms with E-state index < -0.39 is 5.91 Å². The summed E-state index contributed by atoms with van der Waals surface area (Å²) in [6, 6.07) is 7.10. The van der Waals surface area contributed by atoms with Crippen LogP contribution >= 0.6 is 22.9 Å². The number of hydrogen-bond donors (Lipinski definition) is 1. The van der Waals surface area contributed by atoms with Crippen molar-refractivity contribution in [1.82, 2.24) is 4.98 Å². The lowest BCUT2D eigenvalue weighted by molar-refractivity contribution is -0.125. The number of carbonyl (C=O) groups is 3. The van der Waals surface area contributed by atoms with Gasteiger partial charge >= 0.3 is 0 Å². The third-order valence-corrected chi connectivity index (χ3v) is 5.86. The molecule has 2 aromatic rings. The molecule has 0 unspecified atom stereocenters. The second-order valence-electron chi connectivity index (χ2n) is 7.23. The van der Waals surface area contributed by atoms with Gasteiger partial charge in [-0.2, -0.15) is 0 Å². The van der Waals surface area contributed by atoms with E-state index in [0.717, 1.165) is 30.0 Å². The summed E-state index contributed by atoms with van der Waals surface area (Å²) >= 11 is 6.70. The average Bonchev–Trinajstić information content (AvgIpc) is 3.16. The highest BCUT2D eigenvalue weighted by molar-refractivity contribution is 7.17. The predicted molar refractivity (Wildman–Crippen MR) is 123 cm³/mol. The van der Waals surface area contributed by atoms with Gasteiger partial charge in [0.15, 0.2) is 0 Å². The fourth-order valence-corrected chi connectivity index (χ4v) is 3.95. The number of carbonyl (C=O) groups excluding carboxylic acids is 3. The number of nitrogens with two attached hydrogens (primary N) is 1. The quantitative estimate of drug-likeness (QED) is 0.629.